The van der Waals surface area contributed by atoms with Crippen LogP contribution in [-0.2, 0) is 17.5 Å². The Hall–Kier alpha value is -2.56. The van der Waals surface area contributed by atoms with Crippen molar-refractivity contribution in [3.8, 4) is 11.5 Å². The minimum atomic E-state index is -4.56. The molecule has 0 fully saturated rings. The van der Waals surface area contributed by atoms with Crippen molar-refractivity contribution in [3.05, 3.63) is 36.2 Å². The lowest BCUT2D eigenvalue weighted by Crippen LogP contribution is -2.46. The zero-order valence-corrected chi connectivity index (χ0v) is 14.2. The maximum absolute atomic E-state index is 13.9. The maximum atomic E-state index is 13.9. The number of para-hydroxylation sites is 1. The Kier molecular flexibility index (Phi) is 5.13. The number of aromatic nitrogens is 2. The molecule has 0 bridgehead atoms. The average molecular weight is 393 g/mol. The Labute approximate surface area is 151 Å². The van der Waals surface area contributed by atoms with Crippen LogP contribution in [-0.4, -0.2) is 42.9 Å². The highest BCUT2D eigenvalue weighted by atomic mass is 19.4. The normalized spacial score (nSPS) is 16.0. The summed E-state index contributed by atoms with van der Waals surface area (Å²) in [7, 11) is 1.41. The molecule has 148 valence electrons. The number of hydrogen-bond acceptors (Lipinski definition) is 5. The Bertz CT molecular complexity index is 794. The second kappa shape index (κ2) is 7.22. The second-order valence-electron chi connectivity index (χ2n) is 5.78. The zero-order chi connectivity index (χ0) is 19.7. The second-order valence-corrected chi connectivity index (χ2v) is 5.78. The molecule has 2 heterocycles. The molecule has 11 heteroatoms. The zero-order valence-electron chi connectivity index (χ0n) is 14.2. The first-order chi connectivity index (χ1) is 12.7. The van der Waals surface area contributed by atoms with Gasteiger partial charge in [-0.3, -0.25) is 4.68 Å². The van der Waals surface area contributed by atoms with E-state index in [1.807, 2.05) is 0 Å². The molecule has 0 atom stereocenters. The monoisotopic (exact) mass is 393 g/mol. The van der Waals surface area contributed by atoms with Gasteiger partial charge in [0.15, 0.2) is 18.2 Å². The number of nitrogens with zero attached hydrogens (tertiary/aromatic N) is 3. The number of fused-ring (bicyclic) bond motifs is 1. The van der Waals surface area contributed by atoms with Crippen molar-refractivity contribution >= 4 is 5.69 Å². The first-order valence-electron chi connectivity index (χ1n) is 7.87. The van der Waals surface area contributed by atoms with Crippen molar-refractivity contribution in [2.75, 3.05) is 31.9 Å². The number of methoxy groups -OCH3 is 1. The third-order valence-electron chi connectivity index (χ3n) is 3.77. The van der Waals surface area contributed by atoms with Gasteiger partial charge in [-0.1, -0.05) is 6.07 Å². The van der Waals surface area contributed by atoms with E-state index in [1.165, 1.54) is 24.1 Å². The van der Waals surface area contributed by atoms with E-state index in [2.05, 4.69) is 5.10 Å². The smallest absolute Gasteiger partial charge is 0.435 e. The first kappa shape index (κ1) is 19.2. The molecule has 2 aromatic rings. The van der Waals surface area contributed by atoms with Crippen LogP contribution in [0.5, 0.6) is 11.5 Å². The minimum Gasteiger partial charge on any atom is -0.465 e. The summed E-state index contributed by atoms with van der Waals surface area (Å²) in [6.07, 6.45) is -6.87. The molecule has 1 aliphatic heterocycles. The molecule has 0 unspecified atom stereocenters. The van der Waals surface area contributed by atoms with Crippen LogP contribution in [0.25, 0.3) is 0 Å². The number of halogens is 5. The van der Waals surface area contributed by atoms with Crippen molar-refractivity contribution in [3.63, 3.8) is 0 Å². The fraction of sp³-hybridized carbons (Fsp3) is 0.438. The number of hydrogen-bond donors (Lipinski definition) is 0. The van der Waals surface area contributed by atoms with Gasteiger partial charge in [-0.05, 0) is 18.2 Å². The molecule has 1 aromatic carbocycles. The van der Waals surface area contributed by atoms with Crippen LogP contribution in [0.3, 0.4) is 0 Å². The summed E-state index contributed by atoms with van der Waals surface area (Å²) in [4.78, 5) is 1.29. The van der Waals surface area contributed by atoms with E-state index in [9.17, 15) is 22.0 Å². The van der Waals surface area contributed by atoms with Crippen LogP contribution in [0, 0.1) is 0 Å². The number of alkyl halides is 5. The van der Waals surface area contributed by atoms with Crippen LogP contribution >= 0.6 is 0 Å². The summed E-state index contributed by atoms with van der Waals surface area (Å²) in [5.74, 6) is 0.178. The largest absolute Gasteiger partial charge is 0.465 e. The average Bonchev–Trinajstić information content (AvgIpc) is 3.06. The molecular formula is C16H16F5N3O3. The molecular weight excluding hydrogens is 377 g/mol. The molecule has 1 aliphatic rings. The summed E-state index contributed by atoms with van der Waals surface area (Å²) in [6, 6.07) is 5.25. The first-order valence-corrected chi connectivity index (χ1v) is 7.87. The van der Waals surface area contributed by atoms with Gasteiger partial charge in [0.2, 0.25) is 0 Å². The van der Waals surface area contributed by atoms with E-state index in [0.717, 1.165) is 16.9 Å². The Morgan fingerprint density at radius 1 is 1.22 bits per heavy atom. The van der Waals surface area contributed by atoms with Crippen LogP contribution in [0.2, 0.25) is 0 Å². The van der Waals surface area contributed by atoms with Gasteiger partial charge in [0.25, 0.3) is 0 Å². The third-order valence-corrected chi connectivity index (χ3v) is 3.77. The van der Waals surface area contributed by atoms with Crippen LogP contribution in [0.4, 0.5) is 27.6 Å². The molecule has 0 saturated carbocycles. The molecule has 0 saturated heterocycles. The fourth-order valence-corrected chi connectivity index (χ4v) is 2.68. The highest BCUT2D eigenvalue weighted by molar-refractivity contribution is 5.69. The van der Waals surface area contributed by atoms with E-state index in [0.29, 0.717) is 0 Å². The van der Waals surface area contributed by atoms with Gasteiger partial charge in [0.1, 0.15) is 18.0 Å². The van der Waals surface area contributed by atoms with Gasteiger partial charge in [-0.25, -0.2) is 0 Å². The van der Waals surface area contributed by atoms with Gasteiger partial charge in [0.05, 0.1) is 6.54 Å². The highest BCUT2D eigenvalue weighted by Gasteiger charge is 2.41. The van der Waals surface area contributed by atoms with Crippen molar-refractivity contribution < 1.29 is 36.2 Å². The van der Waals surface area contributed by atoms with E-state index in [1.54, 1.807) is 6.07 Å². The van der Waals surface area contributed by atoms with Gasteiger partial charge in [-0.2, -0.15) is 27.1 Å². The van der Waals surface area contributed by atoms with Gasteiger partial charge >= 0.3 is 12.3 Å². The number of ether oxygens (including phenoxy) is 3. The van der Waals surface area contributed by atoms with E-state index < -0.39 is 24.5 Å². The minimum absolute atomic E-state index is 0.0295. The SMILES string of the molecule is COCOc1cccc2c1N(CCn1ccc(C(F)(F)F)n1)CC(F)(F)O2. The molecule has 0 aliphatic carbocycles. The van der Waals surface area contributed by atoms with Gasteiger partial charge < -0.3 is 19.1 Å². The van der Waals surface area contributed by atoms with Crippen LogP contribution in [0.15, 0.2) is 30.5 Å². The van der Waals surface area contributed by atoms with E-state index in [4.69, 9.17) is 14.2 Å². The molecule has 1 aromatic heterocycles. The number of anilines is 1. The quantitative estimate of drug-likeness (QED) is 0.556. The predicted molar refractivity (Wildman–Crippen MR) is 84.0 cm³/mol. The van der Waals surface area contributed by atoms with Gasteiger partial charge in [-0.15, -0.1) is 0 Å². The summed E-state index contributed by atoms with van der Waals surface area (Å²) < 4.78 is 81.7. The summed E-state index contributed by atoms with van der Waals surface area (Å²) >= 11 is 0. The third kappa shape index (κ3) is 4.41. The lowest BCUT2D eigenvalue weighted by atomic mass is 10.2. The van der Waals surface area contributed by atoms with Gasteiger partial charge in [0, 0.05) is 19.9 Å². The molecule has 3 rings (SSSR count). The predicted octanol–water partition coefficient (Wildman–Crippen LogP) is 3.38. The number of rotatable bonds is 6. The van der Waals surface area contributed by atoms with E-state index >= 15 is 0 Å². The maximum Gasteiger partial charge on any atom is 0.435 e. The Morgan fingerprint density at radius 3 is 2.67 bits per heavy atom. The van der Waals surface area contributed by atoms with Crippen LogP contribution in [0.1, 0.15) is 5.69 Å². The summed E-state index contributed by atoms with van der Waals surface area (Å²) in [5.41, 5.74) is -0.761. The lowest BCUT2D eigenvalue weighted by molar-refractivity contribution is -0.172. The van der Waals surface area contributed by atoms with Crippen molar-refractivity contribution in [2.24, 2.45) is 0 Å². The summed E-state index contributed by atoms with van der Waals surface area (Å²) in [6.45, 7) is -0.946. The molecule has 0 spiro atoms. The van der Waals surface area contributed by atoms with Crippen molar-refractivity contribution in [1.29, 1.82) is 0 Å². The summed E-state index contributed by atoms with van der Waals surface area (Å²) in [5, 5.41) is 3.43. The molecule has 0 amide bonds. The molecule has 0 N–H and O–H groups in total. The highest BCUT2D eigenvalue weighted by Crippen LogP contribution is 2.44. The molecule has 6 nitrogen and oxygen atoms in total. The Morgan fingerprint density at radius 2 is 2.00 bits per heavy atom. The van der Waals surface area contributed by atoms with Crippen LogP contribution < -0.4 is 14.4 Å². The standard InChI is InChI=1S/C16H16F5N3O3/c1-25-10-26-11-3-2-4-12-14(11)23(9-15(17,18)27-12)7-8-24-6-5-13(22-24)16(19,20)21/h2-6H,7-10H2,1H3. The molecule has 27 heavy (non-hydrogen) atoms. The fourth-order valence-electron chi connectivity index (χ4n) is 2.68. The number of benzene rings is 1. The topological polar surface area (TPSA) is 48.8 Å². The van der Waals surface area contributed by atoms with E-state index in [-0.39, 0.29) is 37.1 Å². The van der Waals surface area contributed by atoms with Crippen molar-refractivity contribution in [2.45, 2.75) is 18.8 Å². The Balaban J connectivity index is 1.82. The lowest BCUT2D eigenvalue weighted by Gasteiger charge is -2.36. The van der Waals surface area contributed by atoms with Crippen molar-refractivity contribution in [1.82, 2.24) is 9.78 Å². The molecule has 0 radical (unpaired) electrons.